The molecule has 0 radical (unpaired) electrons. The van der Waals surface area contributed by atoms with Crippen LogP contribution in [0.5, 0.6) is 0 Å². The van der Waals surface area contributed by atoms with Gasteiger partial charge in [0.25, 0.3) is 0 Å². The van der Waals surface area contributed by atoms with Crippen LogP contribution in [0.2, 0.25) is 0 Å². The fourth-order valence-corrected chi connectivity index (χ4v) is 2.69. The molecule has 120 valence electrons. The molecule has 0 spiro atoms. The molecule has 2 aromatic heterocycles. The largest absolute Gasteiger partial charge is 0.356 e. The first-order valence-electron chi connectivity index (χ1n) is 6.94. The highest BCUT2D eigenvalue weighted by atomic mass is 127. The highest BCUT2D eigenvalue weighted by Crippen LogP contribution is 2.10. The van der Waals surface area contributed by atoms with E-state index in [0.29, 0.717) is 6.54 Å². The number of hydrogen-bond donors (Lipinski definition) is 2. The van der Waals surface area contributed by atoms with Crippen LogP contribution in [0.25, 0.3) is 0 Å². The number of nitrogens with zero attached hydrogens (tertiary/aromatic N) is 3. The van der Waals surface area contributed by atoms with Crippen molar-refractivity contribution in [2.75, 3.05) is 13.6 Å². The Bertz CT molecular complexity index is 611. The zero-order chi connectivity index (χ0) is 15.1. The van der Waals surface area contributed by atoms with Gasteiger partial charge in [-0.3, -0.25) is 9.98 Å². The minimum Gasteiger partial charge on any atom is -0.356 e. The van der Waals surface area contributed by atoms with Gasteiger partial charge in [-0.2, -0.15) is 0 Å². The van der Waals surface area contributed by atoms with Crippen LogP contribution in [0.1, 0.15) is 21.0 Å². The van der Waals surface area contributed by atoms with E-state index in [1.165, 1.54) is 16.0 Å². The zero-order valence-electron chi connectivity index (χ0n) is 13.1. The number of nitrogens with one attached hydrogen (secondary N) is 2. The summed E-state index contributed by atoms with van der Waals surface area (Å²) in [6.07, 6.45) is 6.57. The smallest absolute Gasteiger partial charge is 0.191 e. The van der Waals surface area contributed by atoms with Gasteiger partial charge < -0.3 is 10.6 Å². The second kappa shape index (κ2) is 9.73. The molecule has 2 aromatic rings. The first kappa shape index (κ1) is 18.8. The SMILES string of the molecule is CN=C(NCCc1ccncc1C)NCc1ncc(C)s1.I. The molecule has 0 atom stereocenters. The van der Waals surface area contributed by atoms with Crippen molar-refractivity contribution in [2.45, 2.75) is 26.8 Å². The van der Waals surface area contributed by atoms with Crippen LogP contribution in [0, 0.1) is 13.8 Å². The van der Waals surface area contributed by atoms with Crippen molar-refractivity contribution in [3.8, 4) is 0 Å². The van der Waals surface area contributed by atoms with Crippen molar-refractivity contribution >= 4 is 41.3 Å². The number of pyridine rings is 1. The number of hydrogen-bond acceptors (Lipinski definition) is 4. The first-order valence-corrected chi connectivity index (χ1v) is 7.76. The van der Waals surface area contributed by atoms with Gasteiger partial charge in [0.15, 0.2) is 5.96 Å². The summed E-state index contributed by atoms with van der Waals surface area (Å²) < 4.78 is 0. The summed E-state index contributed by atoms with van der Waals surface area (Å²) in [5.41, 5.74) is 2.53. The predicted molar refractivity (Wildman–Crippen MR) is 103 cm³/mol. The molecule has 0 amide bonds. The van der Waals surface area contributed by atoms with Gasteiger partial charge in [0.1, 0.15) is 5.01 Å². The van der Waals surface area contributed by atoms with Crippen LogP contribution < -0.4 is 10.6 Å². The average molecular weight is 431 g/mol. The molecule has 0 bridgehead atoms. The van der Waals surface area contributed by atoms with Gasteiger partial charge in [-0.15, -0.1) is 35.3 Å². The van der Waals surface area contributed by atoms with E-state index in [1.807, 2.05) is 18.6 Å². The normalized spacial score (nSPS) is 11.0. The average Bonchev–Trinajstić information content (AvgIpc) is 2.90. The fourth-order valence-electron chi connectivity index (χ4n) is 1.96. The predicted octanol–water partition coefficient (Wildman–Crippen LogP) is 2.68. The van der Waals surface area contributed by atoms with Crippen LogP contribution in [0.4, 0.5) is 0 Å². The second-order valence-electron chi connectivity index (χ2n) is 4.77. The molecule has 2 rings (SSSR count). The van der Waals surface area contributed by atoms with Gasteiger partial charge in [-0.1, -0.05) is 0 Å². The topological polar surface area (TPSA) is 62.2 Å². The summed E-state index contributed by atoms with van der Waals surface area (Å²) >= 11 is 1.70. The van der Waals surface area contributed by atoms with E-state index >= 15 is 0 Å². The number of aromatic nitrogens is 2. The first-order chi connectivity index (χ1) is 10.2. The highest BCUT2D eigenvalue weighted by molar-refractivity contribution is 14.0. The summed E-state index contributed by atoms with van der Waals surface area (Å²) in [4.78, 5) is 13.9. The maximum absolute atomic E-state index is 4.33. The lowest BCUT2D eigenvalue weighted by Crippen LogP contribution is -2.37. The molecular formula is C15H22IN5S. The molecule has 5 nitrogen and oxygen atoms in total. The molecule has 2 N–H and O–H groups in total. The van der Waals surface area contributed by atoms with Crippen LogP contribution in [-0.2, 0) is 13.0 Å². The summed E-state index contributed by atoms with van der Waals surface area (Å²) in [5, 5.41) is 7.66. The maximum atomic E-state index is 4.33. The molecule has 0 fully saturated rings. The summed E-state index contributed by atoms with van der Waals surface area (Å²) in [5.74, 6) is 0.801. The van der Waals surface area contributed by atoms with Gasteiger partial charge in [0.05, 0.1) is 6.54 Å². The van der Waals surface area contributed by atoms with E-state index in [4.69, 9.17) is 0 Å². The molecule has 0 saturated carbocycles. The van der Waals surface area contributed by atoms with E-state index in [0.717, 1.165) is 23.9 Å². The fraction of sp³-hybridized carbons (Fsp3) is 0.400. The number of halogens is 1. The zero-order valence-corrected chi connectivity index (χ0v) is 16.2. The van der Waals surface area contributed by atoms with Gasteiger partial charge >= 0.3 is 0 Å². The van der Waals surface area contributed by atoms with Crippen molar-refractivity contribution < 1.29 is 0 Å². The van der Waals surface area contributed by atoms with E-state index < -0.39 is 0 Å². The number of aryl methyl sites for hydroxylation is 2. The van der Waals surface area contributed by atoms with Crippen LogP contribution in [0.3, 0.4) is 0 Å². The Labute approximate surface area is 152 Å². The third-order valence-corrected chi connectivity index (χ3v) is 4.04. The monoisotopic (exact) mass is 431 g/mol. The van der Waals surface area contributed by atoms with Crippen molar-refractivity contribution in [2.24, 2.45) is 4.99 Å². The third-order valence-electron chi connectivity index (χ3n) is 3.12. The van der Waals surface area contributed by atoms with Gasteiger partial charge in [-0.05, 0) is 37.5 Å². The highest BCUT2D eigenvalue weighted by Gasteiger charge is 2.02. The van der Waals surface area contributed by atoms with E-state index in [9.17, 15) is 0 Å². The Morgan fingerprint density at radius 2 is 2.09 bits per heavy atom. The Balaban J connectivity index is 0.00000242. The molecule has 0 unspecified atom stereocenters. The molecule has 0 aliphatic rings. The minimum absolute atomic E-state index is 0. The van der Waals surface area contributed by atoms with Gasteiger partial charge in [0.2, 0.25) is 0 Å². The lowest BCUT2D eigenvalue weighted by atomic mass is 10.1. The van der Waals surface area contributed by atoms with E-state index in [2.05, 4.69) is 45.5 Å². The molecular weight excluding hydrogens is 409 g/mol. The number of guanidine groups is 1. The summed E-state index contributed by atoms with van der Waals surface area (Å²) in [6, 6.07) is 2.06. The quantitative estimate of drug-likeness (QED) is 0.434. The number of aliphatic imine (C=N–C) groups is 1. The molecule has 0 saturated heterocycles. The molecule has 7 heteroatoms. The van der Waals surface area contributed by atoms with Crippen molar-refractivity contribution in [3.05, 3.63) is 45.7 Å². The molecule has 0 aliphatic carbocycles. The Hall–Kier alpha value is -1.22. The third kappa shape index (κ3) is 5.88. The molecule has 2 heterocycles. The Kier molecular flexibility index (Phi) is 8.32. The minimum atomic E-state index is 0. The number of rotatable bonds is 5. The van der Waals surface area contributed by atoms with Gasteiger partial charge in [0, 0.05) is 37.1 Å². The van der Waals surface area contributed by atoms with E-state index in [-0.39, 0.29) is 24.0 Å². The van der Waals surface area contributed by atoms with E-state index in [1.54, 1.807) is 18.4 Å². The van der Waals surface area contributed by atoms with Crippen molar-refractivity contribution in [1.29, 1.82) is 0 Å². The van der Waals surface area contributed by atoms with Crippen molar-refractivity contribution in [3.63, 3.8) is 0 Å². The molecule has 0 aliphatic heterocycles. The number of thiazole rings is 1. The second-order valence-corrected chi connectivity index (χ2v) is 6.09. The summed E-state index contributed by atoms with van der Waals surface area (Å²) in [7, 11) is 1.78. The maximum Gasteiger partial charge on any atom is 0.191 e. The Morgan fingerprint density at radius 3 is 2.73 bits per heavy atom. The molecule has 22 heavy (non-hydrogen) atoms. The lowest BCUT2D eigenvalue weighted by Gasteiger charge is -2.11. The lowest BCUT2D eigenvalue weighted by molar-refractivity contribution is 0.789. The standard InChI is InChI=1S/C15H21N5S.HI/c1-11-8-17-6-4-13(11)5-7-18-15(16-3)20-10-14-19-9-12(2)21-14;/h4,6,8-9H,5,7,10H2,1-3H3,(H2,16,18,20);1H. The van der Waals surface area contributed by atoms with Crippen LogP contribution in [0.15, 0.2) is 29.6 Å². The van der Waals surface area contributed by atoms with Crippen LogP contribution in [-0.4, -0.2) is 29.5 Å². The summed E-state index contributed by atoms with van der Waals surface area (Å²) in [6.45, 7) is 5.68. The van der Waals surface area contributed by atoms with Crippen LogP contribution >= 0.6 is 35.3 Å². The Morgan fingerprint density at radius 1 is 1.27 bits per heavy atom. The molecule has 0 aromatic carbocycles. The van der Waals surface area contributed by atoms with Gasteiger partial charge in [-0.25, -0.2) is 4.98 Å². The van der Waals surface area contributed by atoms with Crippen molar-refractivity contribution in [1.82, 2.24) is 20.6 Å².